The topological polar surface area (TPSA) is 67.9 Å². The molecule has 1 unspecified atom stereocenters. The fraction of sp³-hybridized carbons (Fsp3) is 0.567. The van der Waals surface area contributed by atoms with Crippen molar-refractivity contribution >= 4 is 13.4 Å². The van der Waals surface area contributed by atoms with E-state index in [-0.39, 0.29) is 32.2 Å². The lowest BCUT2D eigenvalue weighted by Crippen LogP contribution is -2.45. The van der Waals surface area contributed by atoms with E-state index in [0.717, 1.165) is 29.7 Å². The van der Waals surface area contributed by atoms with Crippen molar-refractivity contribution in [1.82, 2.24) is 9.99 Å². The number of piperidine rings is 1. The number of methoxy groups -OCH3 is 1. The third-order valence-corrected chi connectivity index (χ3v) is 9.57. The molecular weight excluding hydrogens is 483 g/mol. The van der Waals surface area contributed by atoms with E-state index in [1.165, 1.54) is 0 Å². The van der Waals surface area contributed by atoms with Gasteiger partial charge in [0.05, 0.1) is 18.9 Å². The molecule has 1 heterocycles. The van der Waals surface area contributed by atoms with Gasteiger partial charge in [-0.3, -0.25) is 9.36 Å². The van der Waals surface area contributed by atoms with Crippen LogP contribution in [0.5, 0.6) is 5.75 Å². The highest BCUT2D eigenvalue weighted by molar-refractivity contribution is 7.58. The molecular formula is C30H49N2O4P. The van der Waals surface area contributed by atoms with Crippen LogP contribution in [0, 0.1) is 5.41 Å². The van der Waals surface area contributed by atoms with Crippen LogP contribution >= 0.6 is 7.52 Å². The number of nitrogens with zero attached hydrogens (tertiary/aromatic N) is 1. The largest absolute Gasteiger partial charge is 0.497 e. The Labute approximate surface area is 225 Å². The highest BCUT2D eigenvalue weighted by Gasteiger charge is 2.45. The van der Waals surface area contributed by atoms with Crippen molar-refractivity contribution in [3.8, 4) is 16.9 Å². The summed E-state index contributed by atoms with van der Waals surface area (Å²) in [6.45, 7) is 13.9. The number of hydrogen-bond acceptors (Lipinski definition) is 4. The Morgan fingerprint density at radius 1 is 0.973 bits per heavy atom. The van der Waals surface area contributed by atoms with Gasteiger partial charge in [-0.2, -0.15) is 0 Å². The van der Waals surface area contributed by atoms with Crippen LogP contribution in [0.2, 0.25) is 0 Å². The zero-order valence-corrected chi connectivity index (χ0v) is 23.2. The molecule has 208 valence electrons. The first-order valence-corrected chi connectivity index (χ1v) is 14.0. The highest BCUT2D eigenvalue weighted by atomic mass is 31.2. The smallest absolute Gasteiger partial charge is 0.277 e. The summed E-state index contributed by atoms with van der Waals surface area (Å²) in [4.78, 5) is 13.0. The summed E-state index contributed by atoms with van der Waals surface area (Å²) in [5.41, 5.74) is 2.59. The van der Waals surface area contributed by atoms with E-state index in [2.05, 4.69) is 26.1 Å². The second-order valence-corrected chi connectivity index (χ2v) is 14.7. The number of carbonyl (C=O) groups excluding carboxylic acids is 1. The van der Waals surface area contributed by atoms with E-state index in [9.17, 15) is 9.36 Å². The lowest BCUT2D eigenvalue weighted by Gasteiger charge is -2.43. The van der Waals surface area contributed by atoms with Crippen molar-refractivity contribution in [3.05, 3.63) is 54.1 Å². The van der Waals surface area contributed by atoms with E-state index in [4.69, 9.17) is 9.26 Å². The van der Waals surface area contributed by atoms with Gasteiger partial charge < -0.3 is 14.6 Å². The van der Waals surface area contributed by atoms with E-state index in [1.54, 1.807) is 7.11 Å². The minimum Gasteiger partial charge on any atom is -0.497 e. The third kappa shape index (κ3) is 8.43. The molecule has 1 atom stereocenters. The molecule has 1 fully saturated rings. The van der Waals surface area contributed by atoms with Gasteiger partial charge in [-0.05, 0) is 74.4 Å². The molecule has 1 aliphatic rings. The Morgan fingerprint density at radius 3 is 2.08 bits per heavy atom. The van der Waals surface area contributed by atoms with Crippen molar-refractivity contribution in [2.45, 2.75) is 80.4 Å². The average Bonchev–Trinajstić information content (AvgIpc) is 2.82. The molecule has 0 aliphatic carbocycles. The van der Waals surface area contributed by atoms with Gasteiger partial charge in [0.25, 0.3) is 13.4 Å². The quantitative estimate of drug-likeness (QED) is 0.367. The van der Waals surface area contributed by atoms with Crippen LogP contribution in [0.1, 0.15) is 79.6 Å². The summed E-state index contributed by atoms with van der Waals surface area (Å²) in [5, 5.41) is 2.71. The fourth-order valence-corrected chi connectivity index (χ4v) is 6.87. The molecule has 0 spiro atoms. The van der Waals surface area contributed by atoms with Gasteiger partial charge in [0.2, 0.25) is 0 Å². The predicted molar refractivity (Wildman–Crippen MR) is 157 cm³/mol. The van der Waals surface area contributed by atoms with Crippen LogP contribution in [0.15, 0.2) is 48.5 Å². The van der Waals surface area contributed by atoms with Crippen LogP contribution < -0.4 is 10.1 Å². The number of carbonyl (C=O) groups is 1. The molecule has 7 heteroatoms. The van der Waals surface area contributed by atoms with Gasteiger partial charge in [0.15, 0.2) is 0 Å². The maximum Gasteiger partial charge on any atom is 0.277 e. The summed E-state index contributed by atoms with van der Waals surface area (Å²) < 4.78 is 27.4. The number of amides is 1. The van der Waals surface area contributed by atoms with E-state index in [1.807, 2.05) is 74.0 Å². The van der Waals surface area contributed by atoms with E-state index >= 15 is 0 Å². The molecule has 0 radical (unpaired) electrons. The molecule has 0 saturated carbocycles. The van der Waals surface area contributed by atoms with Crippen LogP contribution in [0.25, 0.3) is 11.1 Å². The van der Waals surface area contributed by atoms with Crippen LogP contribution in [-0.2, 0) is 9.09 Å². The van der Waals surface area contributed by atoms with Gasteiger partial charge in [0, 0.05) is 24.7 Å². The maximum absolute atomic E-state index is 14.0. The Hall–Kier alpha value is -2.14. The number of benzene rings is 2. The standard InChI is InChI=1S/C28H41N2O4P.2CH4/c1-27(2,3)20-34-35(32,28(4,5)6)30-17-15-24(16-18-30)29-26(31)23-10-8-9-22(19-23)21-11-13-25(33-7)14-12-21;;/h8-14,19,24H,15-18,20H2,1-7H3,(H,29,31);2*1H4. The van der Waals surface area contributed by atoms with Crippen molar-refractivity contribution in [2.75, 3.05) is 26.8 Å². The minimum atomic E-state index is -3.03. The second kappa shape index (κ2) is 13.1. The molecule has 1 N–H and O–H groups in total. The van der Waals surface area contributed by atoms with Gasteiger partial charge in [-0.15, -0.1) is 0 Å². The monoisotopic (exact) mass is 532 g/mol. The average molecular weight is 533 g/mol. The van der Waals surface area contributed by atoms with Gasteiger partial charge in [0.1, 0.15) is 5.75 Å². The minimum absolute atomic E-state index is 0. The first-order chi connectivity index (χ1) is 16.3. The summed E-state index contributed by atoms with van der Waals surface area (Å²) in [6.07, 6.45) is 1.48. The van der Waals surface area contributed by atoms with Crippen molar-refractivity contribution in [1.29, 1.82) is 0 Å². The third-order valence-electron chi connectivity index (χ3n) is 6.25. The Morgan fingerprint density at radius 2 is 1.57 bits per heavy atom. The maximum atomic E-state index is 14.0. The highest BCUT2D eigenvalue weighted by Crippen LogP contribution is 2.62. The zero-order valence-electron chi connectivity index (χ0n) is 22.3. The first kappa shape index (κ1) is 32.9. The van der Waals surface area contributed by atoms with Crippen LogP contribution in [0.3, 0.4) is 0 Å². The van der Waals surface area contributed by atoms with Crippen molar-refractivity contribution < 1.29 is 18.6 Å². The normalized spacial score (nSPS) is 16.6. The lowest BCUT2D eigenvalue weighted by molar-refractivity contribution is 0.0919. The number of nitrogens with one attached hydrogen (secondary N) is 1. The second-order valence-electron chi connectivity index (χ2n) is 11.5. The van der Waals surface area contributed by atoms with Crippen LogP contribution in [0.4, 0.5) is 0 Å². The molecule has 3 rings (SSSR count). The summed E-state index contributed by atoms with van der Waals surface area (Å²) in [7, 11) is -1.38. The number of ether oxygens (including phenoxy) is 1. The van der Waals surface area contributed by atoms with Gasteiger partial charge in [-0.1, -0.05) is 59.9 Å². The number of hydrogen-bond donors (Lipinski definition) is 1. The Kier molecular flexibility index (Phi) is 11.6. The van der Waals surface area contributed by atoms with Crippen molar-refractivity contribution in [2.24, 2.45) is 5.41 Å². The van der Waals surface area contributed by atoms with E-state index < -0.39 is 12.7 Å². The molecule has 2 aromatic carbocycles. The molecule has 0 bridgehead atoms. The lowest BCUT2D eigenvalue weighted by atomic mass is 9.99. The van der Waals surface area contributed by atoms with Crippen LogP contribution in [-0.4, -0.2) is 48.6 Å². The predicted octanol–water partition coefficient (Wildman–Crippen LogP) is 7.88. The van der Waals surface area contributed by atoms with Gasteiger partial charge >= 0.3 is 0 Å². The Bertz CT molecular complexity index is 1050. The molecule has 37 heavy (non-hydrogen) atoms. The summed E-state index contributed by atoms with van der Waals surface area (Å²) in [5.74, 6) is 0.718. The fourth-order valence-electron chi connectivity index (χ4n) is 4.15. The van der Waals surface area contributed by atoms with E-state index in [0.29, 0.717) is 25.3 Å². The summed E-state index contributed by atoms with van der Waals surface area (Å²) >= 11 is 0. The first-order valence-electron chi connectivity index (χ1n) is 12.4. The Balaban J connectivity index is 0.00000342. The van der Waals surface area contributed by atoms with Crippen molar-refractivity contribution in [3.63, 3.8) is 0 Å². The molecule has 0 aromatic heterocycles. The zero-order chi connectivity index (χ0) is 25.9. The van der Waals surface area contributed by atoms with Gasteiger partial charge in [-0.25, -0.2) is 4.67 Å². The molecule has 1 amide bonds. The molecule has 1 saturated heterocycles. The molecule has 2 aromatic rings. The molecule has 6 nitrogen and oxygen atoms in total. The summed E-state index contributed by atoms with van der Waals surface area (Å²) in [6, 6.07) is 15.5. The number of rotatable bonds is 7. The molecule has 1 aliphatic heterocycles. The SMILES string of the molecule is C.C.COc1ccc(-c2cccc(C(=O)NC3CCN(P(=O)(OCC(C)(C)C)C(C)(C)C)CC3)c2)cc1.